The molecule has 1 saturated heterocycles. The van der Waals surface area contributed by atoms with Crippen LogP contribution in [-0.2, 0) is 9.53 Å². The summed E-state index contributed by atoms with van der Waals surface area (Å²) in [4.78, 5) is 26.1. The predicted octanol–water partition coefficient (Wildman–Crippen LogP) is 2.61. The highest BCUT2D eigenvalue weighted by Crippen LogP contribution is 2.23. The topological polar surface area (TPSA) is 78.9 Å². The van der Waals surface area contributed by atoms with Crippen molar-refractivity contribution in [2.45, 2.75) is 58.8 Å². The Bertz CT molecular complexity index is 636. The van der Waals surface area contributed by atoms with Gasteiger partial charge in [-0.25, -0.2) is 4.79 Å². The summed E-state index contributed by atoms with van der Waals surface area (Å²) in [5, 5.41) is 12.7. The Balaban J connectivity index is 2.10. The summed E-state index contributed by atoms with van der Waals surface area (Å²) in [6, 6.07) is 4.90. The number of nitrogens with zero attached hydrogens (tertiary/aromatic N) is 1. The average molecular weight is 334 g/mol. The number of β-amino-alcohol motifs (C(OH)–C–C–N with tert-alkyl or cyclic N) is 1. The molecule has 0 aliphatic carbocycles. The molecule has 1 aliphatic rings. The maximum Gasteiger partial charge on any atom is 0.411 e. The second kappa shape index (κ2) is 6.81. The summed E-state index contributed by atoms with van der Waals surface area (Å²) in [6.45, 7) is 9.36. The molecule has 0 radical (unpaired) electrons. The van der Waals surface area contributed by atoms with Gasteiger partial charge in [-0.05, 0) is 57.9 Å². The van der Waals surface area contributed by atoms with E-state index in [2.05, 4.69) is 5.32 Å². The number of aliphatic hydroxyl groups is 1. The SMILES string of the molecule is Cc1ccc(NC(=O)[C@@H]2C[C@@H](O)CN2C(=O)OC(C)(C)C)cc1C. The number of amides is 2. The molecule has 6 heteroatoms. The molecule has 2 atom stereocenters. The van der Waals surface area contributed by atoms with Crippen LogP contribution in [0, 0.1) is 13.8 Å². The van der Waals surface area contributed by atoms with Crippen molar-refractivity contribution in [1.29, 1.82) is 0 Å². The van der Waals surface area contributed by atoms with Gasteiger partial charge < -0.3 is 15.2 Å². The first-order valence-corrected chi connectivity index (χ1v) is 8.12. The van der Waals surface area contributed by atoms with Crippen molar-refractivity contribution in [3.63, 3.8) is 0 Å². The number of anilines is 1. The monoisotopic (exact) mass is 334 g/mol. The van der Waals surface area contributed by atoms with Gasteiger partial charge in [0.25, 0.3) is 0 Å². The van der Waals surface area contributed by atoms with Crippen molar-refractivity contribution in [1.82, 2.24) is 4.90 Å². The molecule has 2 N–H and O–H groups in total. The van der Waals surface area contributed by atoms with Crippen LogP contribution in [0.4, 0.5) is 10.5 Å². The highest BCUT2D eigenvalue weighted by Gasteiger charge is 2.40. The van der Waals surface area contributed by atoms with Crippen LogP contribution in [0.2, 0.25) is 0 Å². The zero-order valence-electron chi connectivity index (χ0n) is 14.9. The third kappa shape index (κ3) is 4.47. The highest BCUT2D eigenvalue weighted by molar-refractivity contribution is 5.97. The van der Waals surface area contributed by atoms with Gasteiger partial charge in [-0.2, -0.15) is 0 Å². The van der Waals surface area contributed by atoms with Crippen molar-refractivity contribution in [3.8, 4) is 0 Å². The van der Waals surface area contributed by atoms with Crippen LogP contribution in [0.5, 0.6) is 0 Å². The number of aliphatic hydroxyl groups excluding tert-OH is 1. The van der Waals surface area contributed by atoms with E-state index in [9.17, 15) is 14.7 Å². The van der Waals surface area contributed by atoms with Gasteiger partial charge in [0.05, 0.1) is 12.6 Å². The molecular formula is C18H26N2O4. The lowest BCUT2D eigenvalue weighted by Crippen LogP contribution is -2.45. The van der Waals surface area contributed by atoms with Crippen LogP contribution in [-0.4, -0.2) is 46.3 Å². The van der Waals surface area contributed by atoms with Crippen molar-refractivity contribution in [2.75, 3.05) is 11.9 Å². The van der Waals surface area contributed by atoms with Gasteiger partial charge in [0.15, 0.2) is 0 Å². The van der Waals surface area contributed by atoms with Crippen LogP contribution in [0.1, 0.15) is 38.3 Å². The van der Waals surface area contributed by atoms with E-state index >= 15 is 0 Å². The fourth-order valence-electron chi connectivity index (χ4n) is 2.63. The fraction of sp³-hybridized carbons (Fsp3) is 0.556. The van der Waals surface area contributed by atoms with E-state index in [4.69, 9.17) is 4.74 Å². The molecule has 1 aromatic rings. The lowest BCUT2D eigenvalue weighted by Gasteiger charge is -2.27. The second-order valence-corrected chi connectivity index (χ2v) is 7.33. The molecule has 6 nitrogen and oxygen atoms in total. The third-order valence-electron chi connectivity index (χ3n) is 3.98. The molecule has 1 aromatic carbocycles. The number of hydrogen-bond acceptors (Lipinski definition) is 4. The van der Waals surface area contributed by atoms with E-state index in [1.165, 1.54) is 4.90 Å². The number of rotatable bonds is 2. The molecule has 0 saturated carbocycles. The molecule has 0 aromatic heterocycles. The third-order valence-corrected chi connectivity index (χ3v) is 3.98. The fourth-order valence-corrected chi connectivity index (χ4v) is 2.63. The number of likely N-dealkylation sites (tertiary alicyclic amines) is 1. The minimum Gasteiger partial charge on any atom is -0.444 e. The van der Waals surface area contributed by atoms with Gasteiger partial charge >= 0.3 is 6.09 Å². The van der Waals surface area contributed by atoms with Gasteiger partial charge in [-0.3, -0.25) is 9.69 Å². The molecule has 1 fully saturated rings. The molecule has 2 rings (SSSR count). The van der Waals surface area contributed by atoms with Crippen molar-refractivity contribution in [2.24, 2.45) is 0 Å². The highest BCUT2D eigenvalue weighted by atomic mass is 16.6. The molecule has 24 heavy (non-hydrogen) atoms. The number of aryl methyl sites for hydroxylation is 2. The largest absolute Gasteiger partial charge is 0.444 e. The van der Waals surface area contributed by atoms with E-state index in [0.717, 1.165) is 11.1 Å². The zero-order chi connectivity index (χ0) is 18.1. The lowest BCUT2D eigenvalue weighted by molar-refractivity contribution is -0.120. The first-order chi connectivity index (χ1) is 11.1. The number of carbonyl (C=O) groups excluding carboxylic acids is 2. The van der Waals surface area contributed by atoms with Crippen LogP contribution >= 0.6 is 0 Å². The van der Waals surface area contributed by atoms with E-state index in [1.807, 2.05) is 32.0 Å². The quantitative estimate of drug-likeness (QED) is 0.871. The molecule has 2 amide bonds. The van der Waals surface area contributed by atoms with E-state index < -0.39 is 23.8 Å². The van der Waals surface area contributed by atoms with E-state index in [0.29, 0.717) is 5.69 Å². The molecule has 0 bridgehead atoms. The first-order valence-electron chi connectivity index (χ1n) is 8.12. The Morgan fingerprint density at radius 1 is 1.25 bits per heavy atom. The number of hydrogen-bond donors (Lipinski definition) is 2. The van der Waals surface area contributed by atoms with Crippen LogP contribution in [0.25, 0.3) is 0 Å². The zero-order valence-corrected chi connectivity index (χ0v) is 14.9. The molecular weight excluding hydrogens is 308 g/mol. The first kappa shape index (κ1) is 18.3. The standard InChI is InChI=1S/C18H26N2O4/c1-11-6-7-13(8-12(11)2)19-16(22)15-9-14(21)10-20(15)17(23)24-18(3,4)5/h6-8,14-15,21H,9-10H2,1-5H3,(H,19,22)/t14-,15+/m1/s1. The van der Waals surface area contributed by atoms with Gasteiger partial charge in [0.1, 0.15) is 11.6 Å². The molecule has 1 aliphatic heterocycles. The van der Waals surface area contributed by atoms with Crippen molar-refractivity contribution in [3.05, 3.63) is 29.3 Å². The lowest BCUT2D eigenvalue weighted by atomic mass is 10.1. The van der Waals surface area contributed by atoms with Crippen molar-refractivity contribution >= 4 is 17.7 Å². The van der Waals surface area contributed by atoms with Gasteiger partial charge in [0, 0.05) is 12.1 Å². The average Bonchev–Trinajstić information content (AvgIpc) is 2.83. The minimum absolute atomic E-state index is 0.0971. The maximum absolute atomic E-state index is 12.6. The minimum atomic E-state index is -0.739. The summed E-state index contributed by atoms with van der Waals surface area (Å²) in [5.41, 5.74) is 2.23. The molecule has 0 unspecified atom stereocenters. The summed E-state index contributed by atoms with van der Waals surface area (Å²) in [7, 11) is 0. The van der Waals surface area contributed by atoms with Gasteiger partial charge in [0.2, 0.25) is 5.91 Å². The summed E-state index contributed by atoms with van der Waals surface area (Å²) < 4.78 is 5.33. The summed E-state index contributed by atoms with van der Waals surface area (Å²) >= 11 is 0. The molecule has 132 valence electrons. The Hall–Kier alpha value is -2.08. The number of ether oxygens (including phenoxy) is 1. The van der Waals surface area contributed by atoms with Crippen LogP contribution in [0.3, 0.4) is 0 Å². The Labute approximate surface area is 142 Å². The van der Waals surface area contributed by atoms with E-state index in [1.54, 1.807) is 20.8 Å². The molecule has 0 spiro atoms. The van der Waals surface area contributed by atoms with Crippen LogP contribution in [0.15, 0.2) is 18.2 Å². The summed E-state index contributed by atoms with van der Waals surface area (Å²) in [6.07, 6.45) is -1.11. The Kier molecular flexibility index (Phi) is 5.18. The maximum atomic E-state index is 12.6. The second-order valence-electron chi connectivity index (χ2n) is 7.33. The van der Waals surface area contributed by atoms with E-state index in [-0.39, 0.29) is 18.9 Å². The number of carbonyl (C=O) groups is 2. The smallest absolute Gasteiger partial charge is 0.411 e. The van der Waals surface area contributed by atoms with Gasteiger partial charge in [-0.15, -0.1) is 0 Å². The van der Waals surface area contributed by atoms with Gasteiger partial charge in [-0.1, -0.05) is 6.07 Å². The van der Waals surface area contributed by atoms with Crippen molar-refractivity contribution < 1.29 is 19.4 Å². The number of nitrogens with one attached hydrogen (secondary N) is 1. The van der Waals surface area contributed by atoms with Crippen LogP contribution < -0.4 is 5.32 Å². The number of benzene rings is 1. The molecule has 1 heterocycles. The summed E-state index contributed by atoms with van der Waals surface area (Å²) in [5.74, 6) is -0.319. The Morgan fingerprint density at radius 2 is 1.92 bits per heavy atom. The Morgan fingerprint density at radius 3 is 2.50 bits per heavy atom. The normalized spacial score (nSPS) is 20.8. The predicted molar refractivity (Wildman–Crippen MR) is 91.9 cm³/mol.